The van der Waals surface area contributed by atoms with Crippen molar-refractivity contribution >= 4 is 56.6 Å². The number of halogens is 3. The number of sulfone groups is 1. The zero-order valence-corrected chi connectivity index (χ0v) is 15.7. The topological polar surface area (TPSA) is 63.2 Å². The molecule has 25 heavy (non-hydrogen) atoms. The zero-order chi connectivity index (χ0) is 18.4. The van der Waals surface area contributed by atoms with E-state index in [1.807, 2.05) is 18.2 Å². The summed E-state index contributed by atoms with van der Waals surface area (Å²) < 4.78 is 24.6. The molecule has 0 spiro atoms. The maximum Gasteiger partial charge on any atom is 0.248 e. The maximum atomic E-state index is 12.6. The van der Waals surface area contributed by atoms with Crippen molar-refractivity contribution in [3.05, 3.63) is 80.8 Å². The Kier molecular flexibility index (Phi) is 6.67. The number of hydrogen-bond donors (Lipinski definition) is 1. The fraction of sp³-hybridized carbons (Fsp3) is 0. The van der Waals surface area contributed by atoms with Gasteiger partial charge in [0.05, 0.1) is 4.90 Å². The third-order valence-electron chi connectivity index (χ3n) is 3.03. The van der Waals surface area contributed by atoms with Crippen LogP contribution in [-0.2, 0) is 14.6 Å². The number of benzene rings is 2. The van der Waals surface area contributed by atoms with Crippen LogP contribution in [0.2, 0.25) is 5.02 Å². The van der Waals surface area contributed by atoms with Gasteiger partial charge in [-0.15, -0.1) is 0 Å². The molecular formula is C17H12Cl3NO3S. The highest BCUT2D eigenvalue weighted by Gasteiger charge is 2.25. The minimum atomic E-state index is -4.10. The van der Waals surface area contributed by atoms with E-state index in [9.17, 15) is 13.2 Å². The van der Waals surface area contributed by atoms with Crippen LogP contribution in [0.15, 0.2) is 75.1 Å². The van der Waals surface area contributed by atoms with E-state index in [-0.39, 0.29) is 4.90 Å². The molecule has 0 atom stereocenters. The number of hydrogen-bond acceptors (Lipinski definition) is 3. The van der Waals surface area contributed by atoms with Gasteiger partial charge in [0.1, 0.15) is 4.49 Å². The number of rotatable bonds is 5. The molecular weight excluding hydrogens is 405 g/mol. The summed E-state index contributed by atoms with van der Waals surface area (Å²) in [5, 5.41) is 1.98. The molecule has 2 rings (SSSR count). The molecule has 0 saturated carbocycles. The Morgan fingerprint density at radius 3 is 2.12 bits per heavy atom. The van der Waals surface area contributed by atoms with E-state index in [1.165, 1.54) is 36.4 Å². The molecule has 0 saturated heterocycles. The first-order chi connectivity index (χ1) is 11.8. The van der Waals surface area contributed by atoms with E-state index in [4.69, 9.17) is 34.8 Å². The van der Waals surface area contributed by atoms with E-state index in [0.717, 1.165) is 5.56 Å². The van der Waals surface area contributed by atoms with Crippen molar-refractivity contribution in [2.45, 2.75) is 4.90 Å². The van der Waals surface area contributed by atoms with Crippen LogP contribution < -0.4 is 5.32 Å². The lowest BCUT2D eigenvalue weighted by atomic mass is 10.2. The van der Waals surface area contributed by atoms with Crippen molar-refractivity contribution in [1.29, 1.82) is 0 Å². The Hall–Kier alpha value is -1.79. The smallest absolute Gasteiger partial charge is 0.248 e. The van der Waals surface area contributed by atoms with Gasteiger partial charge >= 0.3 is 0 Å². The first-order valence-corrected chi connectivity index (χ1v) is 9.52. The van der Waals surface area contributed by atoms with E-state index in [0.29, 0.717) is 5.02 Å². The van der Waals surface area contributed by atoms with Crippen molar-refractivity contribution in [2.24, 2.45) is 0 Å². The largest absolute Gasteiger partial charge is 0.311 e. The van der Waals surface area contributed by atoms with Gasteiger partial charge in [0.2, 0.25) is 15.7 Å². The predicted molar refractivity (Wildman–Crippen MR) is 101 cm³/mol. The zero-order valence-electron chi connectivity index (χ0n) is 12.6. The van der Waals surface area contributed by atoms with Gasteiger partial charge in [0, 0.05) is 11.1 Å². The summed E-state index contributed by atoms with van der Waals surface area (Å²) in [4.78, 5) is 11.9. The Labute approximate surface area is 160 Å². The summed E-state index contributed by atoms with van der Waals surface area (Å²) >= 11 is 17.1. The minimum Gasteiger partial charge on any atom is -0.311 e. The molecule has 0 radical (unpaired) electrons. The minimum absolute atomic E-state index is 0.0990. The van der Waals surface area contributed by atoms with Gasteiger partial charge in [0.15, 0.2) is 5.03 Å². The van der Waals surface area contributed by atoms with Gasteiger partial charge in [0.25, 0.3) is 0 Å². The summed E-state index contributed by atoms with van der Waals surface area (Å²) in [5.74, 6) is -0.685. The standard InChI is InChI=1S/C17H12Cl3NO3S/c18-13-7-9-14(10-8-13)25(23,24)17(16(19)20)21-15(22)11-6-12-4-2-1-3-5-12/h1-11H,(H,21,22). The lowest BCUT2D eigenvalue weighted by Crippen LogP contribution is -2.26. The Bertz CT molecular complexity index is 917. The van der Waals surface area contributed by atoms with Gasteiger partial charge in [-0.2, -0.15) is 0 Å². The highest BCUT2D eigenvalue weighted by atomic mass is 35.5. The second kappa shape index (κ2) is 8.54. The normalized spacial score (nSPS) is 11.3. The number of carbonyl (C=O) groups is 1. The SMILES string of the molecule is O=C(C=Cc1ccccc1)NC(=C(Cl)Cl)S(=O)(=O)c1ccc(Cl)cc1. The molecule has 8 heteroatoms. The van der Waals surface area contributed by atoms with Gasteiger partial charge in [-0.25, -0.2) is 8.42 Å². The van der Waals surface area contributed by atoms with Gasteiger partial charge in [-0.3, -0.25) is 4.79 Å². The summed E-state index contributed by atoms with van der Waals surface area (Å²) in [5.41, 5.74) is 0.778. The Morgan fingerprint density at radius 2 is 1.56 bits per heavy atom. The maximum absolute atomic E-state index is 12.6. The first kappa shape index (κ1) is 19.5. The second-order valence-electron chi connectivity index (χ2n) is 4.78. The van der Waals surface area contributed by atoms with Crippen LogP contribution in [0.5, 0.6) is 0 Å². The van der Waals surface area contributed by atoms with Crippen molar-refractivity contribution in [2.75, 3.05) is 0 Å². The summed E-state index contributed by atoms with van der Waals surface area (Å²) in [7, 11) is -4.10. The van der Waals surface area contributed by atoms with E-state index >= 15 is 0 Å². The van der Waals surface area contributed by atoms with Crippen molar-refractivity contribution in [3.8, 4) is 0 Å². The predicted octanol–water partition coefficient (Wildman–Crippen LogP) is 4.55. The molecule has 2 aromatic rings. The van der Waals surface area contributed by atoms with Crippen LogP contribution in [0.4, 0.5) is 0 Å². The molecule has 0 bridgehead atoms. The van der Waals surface area contributed by atoms with Crippen molar-refractivity contribution in [1.82, 2.24) is 5.32 Å². The third kappa shape index (κ3) is 5.34. The van der Waals surface area contributed by atoms with Crippen LogP contribution in [0.1, 0.15) is 5.56 Å². The number of carbonyl (C=O) groups excluding carboxylic acids is 1. The summed E-state index contributed by atoms with van der Waals surface area (Å²) in [6.45, 7) is 0. The van der Waals surface area contributed by atoms with E-state index in [2.05, 4.69) is 5.32 Å². The molecule has 0 fully saturated rings. The molecule has 1 N–H and O–H groups in total. The first-order valence-electron chi connectivity index (χ1n) is 6.91. The molecule has 0 heterocycles. The average molecular weight is 417 g/mol. The van der Waals surface area contributed by atoms with Crippen molar-refractivity contribution in [3.63, 3.8) is 0 Å². The van der Waals surface area contributed by atoms with E-state index < -0.39 is 25.3 Å². The van der Waals surface area contributed by atoms with Gasteiger partial charge in [-0.1, -0.05) is 65.1 Å². The number of nitrogens with one attached hydrogen (secondary N) is 1. The highest BCUT2D eigenvalue weighted by molar-refractivity contribution is 7.95. The fourth-order valence-corrected chi connectivity index (χ4v) is 3.84. The van der Waals surface area contributed by atoms with Crippen LogP contribution in [0, 0.1) is 0 Å². The highest BCUT2D eigenvalue weighted by Crippen LogP contribution is 2.25. The van der Waals surface area contributed by atoms with Crippen LogP contribution in [0.3, 0.4) is 0 Å². The lowest BCUT2D eigenvalue weighted by Gasteiger charge is -2.10. The van der Waals surface area contributed by atoms with Crippen LogP contribution >= 0.6 is 34.8 Å². The van der Waals surface area contributed by atoms with Crippen LogP contribution in [-0.4, -0.2) is 14.3 Å². The van der Waals surface area contributed by atoms with Crippen LogP contribution in [0.25, 0.3) is 6.08 Å². The molecule has 130 valence electrons. The molecule has 0 aliphatic carbocycles. The Balaban J connectivity index is 2.24. The molecule has 1 amide bonds. The van der Waals surface area contributed by atoms with Gasteiger partial charge < -0.3 is 5.32 Å². The van der Waals surface area contributed by atoms with Gasteiger partial charge in [-0.05, 0) is 35.9 Å². The molecule has 0 unspecified atom stereocenters. The Morgan fingerprint density at radius 1 is 0.960 bits per heavy atom. The molecule has 0 aromatic heterocycles. The molecule has 0 aliphatic rings. The monoisotopic (exact) mass is 415 g/mol. The quantitative estimate of drug-likeness (QED) is 0.727. The molecule has 0 aliphatic heterocycles. The summed E-state index contributed by atoms with van der Waals surface area (Å²) in [6.07, 6.45) is 2.72. The fourth-order valence-electron chi connectivity index (χ4n) is 1.84. The van der Waals surface area contributed by atoms with E-state index in [1.54, 1.807) is 12.1 Å². The average Bonchev–Trinajstić information content (AvgIpc) is 2.58. The second-order valence-corrected chi connectivity index (χ2v) is 8.05. The summed E-state index contributed by atoms with van der Waals surface area (Å²) in [6, 6.07) is 14.4. The third-order valence-corrected chi connectivity index (χ3v) is 5.62. The van der Waals surface area contributed by atoms with Crippen molar-refractivity contribution < 1.29 is 13.2 Å². The molecule has 2 aromatic carbocycles. The lowest BCUT2D eigenvalue weighted by molar-refractivity contribution is -0.115. The number of amides is 1. The molecule has 4 nitrogen and oxygen atoms in total.